The van der Waals surface area contributed by atoms with Gasteiger partial charge in [0.25, 0.3) is 0 Å². The molecule has 4 heteroatoms. The molecule has 0 aromatic heterocycles. The van der Waals surface area contributed by atoms with Crippen LogP contribution in [0.3, 0.4) is 0 Å². The number of aliphatic hydroxyl groups excluding tert-OH is 1. The zero-order valence-corrected chi connectivity index (χ0v) is 10.2. The van der Waals surface area contributed by atoms with Crippen LogP contribution in [-0.2, 0) is 0 Å². The minimum Gasteiger partial charge on any atom is -0.478 e. The second kappa shape index (κ2) is 5.68. The van der Waals surface area contributed by atoms with Gasteiger partial charge in [-0.05, 0) is 31.9 Å². The molecular weight excluding hydrogens is 218 g/mol. The number of hydrogen-bond donors (Lipinski definition) is 3. The Bertz CT molecular complexity index is 392. The first-order chi connectivity index (χ1) is 8.02. The van der Waals surface area contributed by atoms with Gasteiger partial charge in [-0.2, -0.15) is 0 Å². The molecule has 4 nitrogen and oxygen atoms in total. The molecule has 17 heavy (non-hydrogen) atoms. The van der Waals surface area contributed by atoms with Crippen molar-refractivity contribution in [3.05, 3.63) is 29.8 Å². The minimum absolute atomic E-state index is 0.0760. The highest BCUT2D eigenvalue weighted by Crippen LogP contribution is 2.24. The number of carbonyl (C=O) groups is 1. The van der Waals surface area contributed by atoms with E-state index >= 15 is 0 Å². The summed E-state index contributed by atoms with van der Waals surface area (Å²) in [6.07, 6.45) is 1.39. The summed E-state index contributed by atoms with van der Waals surface area (Å²) in [5.74, 6) is -0.949. The van der Waals surface area contributed by atoms with Gasteiger partial charge in [-0.25, -0.2) is 4.79 Å². The van der Waals surface area contributed by atoms with Crippen LogP contribution in [0.25, 0.3) is 0 Å². The average molecular weight is 237 g/mol. The van der Waals surface area contributed by atoms with Crippen LogP contribution >= 0.6 is 0 Å². The van der Waals surface area contributed by atoms with Crippen molar-refractivity contribution in [3.63, 3.8) is 0 Å². The maximum absolute atomic E-state index is 11.1. The van der Waals surface area contributed by atoms with Crippen LogP contribution in [0.4, 0.5) is 5.69 Å². The number of carboxylic acid groups (broad SMARTS) is 1. The molecule has 0 bridgehead atoms. The third-order valence-electron chi connectivity index (χ3n) is 3.04. The summed E-state index contributed by atoms with van der Waals surface area (Å²) in [6.45, 7) is 4.06. The molecule has 1 aromatic rings. The monoisotopic (exact) mass is 237 g/mol. The summed E-state index contributed by atoms with van der Waals surface area (Å²) in [6, 6.07) is 6.81. The van der Waals surface area contributed by atoms with Gasteiger partial charge in [-0.1, -0.05) is 19.1 Å². The van der Waals surface area contributed by atoms with Gasteiger partial charge in [0, 0.05) is 17.8 Å². The Hall–Kier alpha value is -1.55. The smallest absolute Gasteiger partial charge is 0.337 e. The number of anilines is 1. The molecule has 94 valence electrons. The number of aromatic carboxylic acids is 1. The third kappa shape index (κ3) is 3.46. The molecule has 0 fully saturated rings. The zero-order chi connectivity index (χ0) is 12.9. The second-order valence-corrected chi connectivity index (χ2v) is 4.36. The SMILES string of the molecule is CCC(C)(CCO)Nc1ccccc1C(=O)O. The van der Waals surface area contributed by atoms with E-state index in [4.69, 9.17) is 10.2 Å². The Kier molecular flexibility index (Phi) is 4.52. The molecule has 1 unspecified atom stereocenters. The Morgan fingerprint density at radius 3 is 2.59 bits per heavy atom. The standard InChI is InChI=1S/C13H19NO3/c1-3-13(2,8-9-15)14-11-7-5-4-6-10(11)12(16)17/h4-7,14-15H,3,8-9H2,1-2H3,(H,16,17). The second-order valence-electron chi connectivity index (χ2n) is 4.36. The number of benzene rings is 1. The lowest BCUT2D eigenvalue weighted by Crippen LogP contribution is -2.35. The van der Waals surface area contributed by atoms with Crippen molar-refractivity contribution in [1.82, 2.24) is 0 Å². The van der Waals surface area contributed by atoms with Gasteiger partial charge in [0.1, 0.15) is 0 Å². The summed E-state index contributed by atoms with van der Waals surface area (Å²) < 4.78 is 0. The highest BCUT2D eigenvalue weighted by Gasteiger charge is 2.23. The van der Waals surface area contributed by atoms with Crippen LogP contribution < -0.4 is 5.32 Å². The van der Waals surface area contributed by atoms with Gasteiger partial charge in [0.2, 0.25) is 0 Å². The number of para-hydroxylation sites is 1. The fraction of sp³-hybridized carbons (Fsp3) is 0.462. The van der Waals surface area contributed by atoms with Crippen LogP contribution in [0.2, 0.25) is 0 Å². The lowest BCUT2D eigenvalue weighted by Gasteiger charge is -2.30. The Morgan fingerprint density at radius 2 is 2.06 bits per heavy atom. The van der Waals surface area contributed by atoms with Gasteiger partial charge >= 0.3 is 5.97 Å². The van der Waals surface area contributed by atoms with E-state index in [-0.39, 0.29) is 17.7 Å². The lowest BCUT2D eigenvalue weighted by atomic mass is 9.94. The first-order valence-corrected chi connectivity index (χ1v) is 5.74. The van der Waals surface area contributed by atoms with E-state index in [2.05, 4.69) is 5.32 Å². The molecule has 0 aliphatic carbocycles. The van der Waals surface area contributed by atoms with Crippen LogP contribution in [0.5, 0.6) is 0 Å². The zero-order valence-electron chi connectivity index (χ0n) is 10.2. The van der Waals surface area contributed by atoms with Crippen molar-refractivity contribution < 1.29 is 15.0 Å². The molecule has 0 saturated heterocycles. The molecule has 3 N–H and O–H groups in total. The Balaban J connectivity index is 2.97. The summed E-state index contributed by atoms with van der Waals surface area (Å²) >= 11 is 0. The predicted molar refractivity (Wildman–Crippen MR) is 67.4 cm³/mol. The molecule has 0 spiro atoms. The quantitative estimate of drug-likeness (QED) is 0.710. The molecule has 0 aliphatic rings. The molecule has 0 aliphatic heterocycles. The highest BCUT2D eigenvalue weighted by atomic mass is 16.4. The van der Waals surface area contributed by atoms with Crippen LogP contribution in [0.15, 0.2) is 24.3 Å². The van der Waals surface area contributed by atoms with Gasteiger partial charge in [0.15, 0.2) is 0 Å². The largest absolute Gasteiger partial charge is 0.478 e. The van der Waals surface area contributed by atoms with Crippen molar-refractivity contribution in [1.29, 1.82) is 0 Å². The fourth-order valence-corrected chi connectivity index (χ4v) is 1.68. The Labute approximate surface area is 101 Å². The minimum atomic E-state index is -0.949. The third-order valence-corrected chi connectivity index (χ3v) is 3.04. The molecule has 0 amide bonds. The van der Waals surface area contributed by atoms with Crippen molar-refractivity contribution in [2.75, 3.05) is 11.9 Å². The molecule has 1 rings (SSSR count). The highest BCUT2D eigenvalue weighted by molar-refractivity contribution is 5.94. The van der Waals surface area contributed by atoms with Crippen LogP contribution in [-0.4, -0.2) is 28.3 Å². The Morgan fingerprint density at radius 1 is 1.41 bits per heavy atom. The normalized spacial score (nSPS) is 14.1. The van der Waals surface area contributed by atoms with Gasteiger partial charge in [-0.3, -0.25) is 0 Å². The summed E-state index contributed by atoms with van der Waals surface area (Å²) in [5.41, 5.74) is 0.559. The van der Waals surface area contributed by atoms with Crippen molar-refractivity contribution in [3.8, 4) is 0 Å². The van der Waals surface area contributed by atoms with Gasteiger partial charge in [-0.15, -0.1) is 0 Å². The topological polar surface area (TPSA) is 69.6 Å². The molecule has 0 saturated carbocycles. The number of hydrogen-bond acceptors (Lipinski definition) is 3. The number of nitrogens with one attached hydrogen (secondary N) is 1. The lowest BCUT2D eigenvalue weighted by molar-refractivity contribution is 0.0698. The average Bonchev–Trinajstić information content (AvgIpc) is 2.29. The van der Waals surface area contributed by atoms with Crippen molar-refractivity contribution in [2.45, 2.75) is 32.2 Å². The number of aliphatic hydroxyl groups is 1. The molecular formula is C13H19NO3. The van der Waals surface area contributed by atoms with E-state index in [0.29, 0.717) is 12.1 Å². The first-order valence-electron chi connectivity index (χ1n) is 5.74. The van der Waals surface area contributed by atoms with Crippen molar-refractivity contribution >= 4 is 11.7 Å². The van der Waals surface area contributed by atoms with E-state index in [1.165, 1.54) is 0 Å². The molecule has 0 heterocycles. The molecule has 0 radical (unpaired) electrons. The van der Waals surface area contributed by atoms with Gasteiger partial charge in [0.05, 0.1) is 5.56 Å². The van der Waals surface area contributed by atoms with E-state index in [1.807, 2.05) is 13.8 Å². The maximum atomic E-state index is 11.1. The van der Waals surface area contributed by atoms with Gasteiger partial charge < -0.3 is 15.5 Å². The van der Waals surface area contributed by atoms with E-state index < -0.39 is 5.97 Å². The maximum Gasteiger partial charge on any atom is 0.337 e. The molecule has 1 aromatic carbocycles. The molecule has 1 atom stereocenters. The summed E-state index contributed by atoms with van der Waals surface area (Å²) in [7, 11) is 0. The summed E-state index contributed by atoms with van der Waals surface area (Å²) in [4.78, 5) is 11.1. The van der Waals surface area contributed by atoms with E-state index in [9.17, 15) is 4.79 Å². The van der Waals surface area contributed by atoms with Crippen molar-refractivity contribution in [2.24, 2.45) is 0 Å². The first kappa shape index (κ1) is 13.5. The summed E-state index contributed by atoms with van der Waals surface area (Å²) in [5, 5.41) is 21.3. The van der Waals surface area contributed by atoms with E-state index in [1.54, 1.807) is 24.3 Å². The number of rotatable bonds is 6. The predicted octanol–water partition coefficient (Wildman–Crippen LogP) is 2.35. The van der Waals surface area contributed by atoms with E-state index in [0.717, 1.165) is 6.42 Å². The van der Waals surface area contributed by atoms with Crippen LogP contribution in [0.1, 0.15) is 37.0 Å². The number of carboxylic acids is 1. The fourth-order valence-electron chi connectivity index (χ4n) is 1.68. The van der Waals surface area contributed by atoms with Crippen LogP contribution in [0, 0.1) is 0 Å².